The predicted molar refractivity (Wildman–Crippen MR) is 177 cm³/mol. The highest BCUT2D eigenvalue weighted by molar-refractivity contribution is 6.63. The summed E-state index contributed by atoms with van der Waals surface area (Å²) in [5.74, 6) is 0.606. The largest absolute Gasteiger partial charge is 0.494 e. The number of esters is 1. The monoisotopic (exact) mass is 637 g/mol. The lowest BCUT2D eigenvalue weighted by Gasteiger charge is -2.14. The topological polar surface area (TPSA) is 105 Å². The number of halogens is 1. The van der Waals surface area contributed by atoms with Crippen molar-refractivity contribution < 1.29 is 28.7 Å². The van der Waals surface area contributed by atoms with Crippen molar-refractivity contribution in [3.05, 3.63) is 82.4 Å². The number of nitro groups is 1. The third-order valence-electron chi connectivity index (χ3n) is 7.47. The average molecular weight is 638 g/mol. The van der Waals surface area contributed by atoms with Crippen LogP contribution in [0.5, 0.6) is 17.2 Å². The Kier molecular flexibility index (Phi) is 15.4. The van der Waals surface area contributed by atoms with E-state index in [0.717, 1.165) is 68.2 Å². The van der Waals surface area contributed by atoms with Crippen LogP contribution in [0.15, 0.2) is 66.7 Å². The number of carbonyl (C=O) groups excluding carboxylic acids is 2. The quantitative estimate of drug-likeness (QED) is 0.0286. The predicted octanol–water partition coefficient (Wildman–Crippen LogP) is 10.1. The molecule has 0 unspecified atom stereocenters. The van der Waals surface area contributed by atoms with Crippen molar-refractivity contribution in [2.24, 2.45) is 0 Å². The number of benzene rings is 3. The zero-order valence-electron chi connectivity index (χ0n) is 26.3. The van der Waals surface area contributed by atoms with Crippen LogP contribution in [0.2, 0.25) is 0 Å². The summed E-state index contributed by atoms with van der Waals surface area (Å²) in [7, 11) is 0. The van der Waals surface area contributed by atoms with Gasteiger partial charge in [-0.3, -0.25) is 14.9 Å². The van der Waals surface area contributed by atoms with Gasteiger partial charge in [-0.05, 0) is 85.3 Å². The van der Waals surface area contributed by atoms with Gasteiger partial charge >= 0.3 is 11.7 Å². The number of nitro benzene ring substituents is 1. The normalized spacial score (nSPS) is 11.5. The zero-order chi connectivity index (χ0) is 32.4. The first-order chi connectivity index (χ1) is 21.8. The van der Waals surface area contributed by atoms with Crippen LogP contribution < -0.4 is 14.2 Å². The van der Waals surface area contributed by atoms with E-state index in [4.69, 9.17) is 25.8 Å². The van der Waals surface area contributed by atoms with Crippen LogP contribution >= 0.6 is 11.6 Å². The Morgan fingerprint density at radius 2 is 1.38 bits per heavy atom. The van der Waals surface area contributed by atoms with Crippen molar-refractivity contribution in [3.63, 3.8) is 0 Å². The molecule has 9 heteroatoms. The molecule has 3 rings (SSSR count). The molecule has 0 spiro atoms. The van der Waals surface area contributed by atoms with E-state index in [1.165, 1.54) is 37.5 Å². The number of unbranched alkanes of at least 4 members (excludes halogenated alkanes) is 8. The van der Waals surface area contributed by atoms with E-state index in [-0.39, 0.29) is 28.3 Å². The molecule has 45 heavy (non-hydrogen) atoms. The summed E-state index contributed by atoms with van der Waals surface area (Å²) in [5.41, 5.74) is 1.75. The number of rotatable bonds is 21. The molecule has 0 aliphatic heterocycles. The number of nitrogens with zero attached hydrogens (tertiary/aromatic N) is 1. The van der Waals surface area contributed by atoms with Crippen LogP contribution in [0.3, 0.4) is 0 Å². The Bertz CT molecular complexity index is 1360. The summed E-state index contributed by atoms with van der Waals surface area (Å²) in [6.07, 6.45) is 11.9. The van der Waals surface area contributed by atoms with Gasteiger partial charge in [0.05, 0.1) is 23.2 Å². The average Bonchev–Trinajstić information content (AvgIpc) is 3.03. The van der Waals surface area contributed by atoms with Gasteiger partial charge in [0.25, 0.3) is 0 Å². The number of carbonyl (C=O) groups is 2. The van der Waals surface area contributed by atoms with Gasteiger partial charge in [0, 0.05) is 12.5 Å². The first-order valence-electron chi connectivity index (χ1n) is 16.0. The van der Waals surface area contributed by atoms with Crippen LogP contribution in [-0.4, -0.2) is 28.8 Å². The van der Waals surface area contributed by atoms with Crippen molar-refractivity contribution in [3.8, 4) is 28.4 Å². The van der Waals surface area contributed by atoms with Crippen LogP contribution in [0.4, 0.5) is 5.69 Å². The summed E-state index contributed by atoms with van der Waals surface area (Å²) < 4.78 is 17.2. The van der Waals surface area contributed by atoms with E-state index < -0.39 is 10.9 Å². The molecule has 0 aliphatic rings. The fraction of sp³-hybridized carbons (Fsp3) is 0.444. The molecule has 0 saturated carbocycles. The van der Waals surface area contributed by atoms with Gasteiger partial charge in [-0.2, -0.15) is 0 Å². The lowest BCUT2D eigenvalue weighted by atomic mass is 10.1. The van der Waals surface area contributed by atoms with Crippen molar-refractivity contribution in [2.45, 2.75) is 97.0 Å². The third-order valence-corrected chi connectivity index (χ3v) is 7.66. The van der Waals surface area contributed by atoms with Crippen molar-refractivity contribution in [1.82, 2.24) is 0 Å². The van der Waals surface area contributed by atoms with Gasteiger partial charge in [0.1, 0.15) is 11.5 Å². The molecule has 242 valence electrons. The third kappa shape index (κ3) is 12.9. The minimum Gasteiger partial charge on any atom is -0.494 e. The maximum Gasteiger partial charge on any atom is 0.343 e. The van der Waals surface area contributed by atoms with Crippen molar-refractivity contribution in [1.29, 1.82) is 0 Å². The first kappa shape index (κ1) is 35.6. The smallest absolute Gasteiger partial charge is 0.343 e. The van der Waals surface area contributed by atoms with Crippen molar-refractivity contribution >= 4 is 28.5 Å². The van der Waals surface area contributed by atoms with E-state index in [1.807, 2.05) is 43.3 Å². The van der Waals surface area contributed by atoms with Gasteiger partial charge in [-0.1, -0.05) is 82.6 Å². The molecule has 3 aromatic carbocycles. The highest BCUT2D eigenvalue weighted by Crippen LogP contribution is 2.31. The molecule has 0 aromatic heterocycles. The maximum absolute atomic E-state index is 12.8. The molecule has 0 aliphatic carbocycles. The molecule has 0 saturated heterocycles. The molecule has 0 N–H and O–H groups in total. The Balaban J connectivity index is 1.43. The second kappa shape index (κ2) is 19.5. The minimum absolute atomic E-state index is 0.0726. The van der Waals surface area contributed by atoms with E-state index in [1.54, 1.807) is 12.1 Å². The van der Waals surface area contributed by atoms with Crippen LogP contribution in [-0.2, 0) is 4.79 Å². The summed E-state index contributed by atoms with van der Waals surface area (Å²) in [5, 5.41) is 11.4. The summed E-state index contributed by atoms with van der Waals surface area (Å²) in [6.45, 7) is 4.62. The van der Waals surface area contributed by atoms with Gasteiger partial charge in [0.2, 0.25) is 5.24 Å². The Morgan fingerprint density at radius 3 is 1.96 bits per heavy atom. The standard InChI is InChI=1S/C36H44ClNO7/c1-3-4-13-27(2)44-34-24-19-30(26-33(34)38(41)42)36(40)45-32-22-17-29(18-23-32)28-15-20-31(21-16-28)43-25-12-10-8-6-5-7-9-11-14-35(37)39/h15-24,26-27H,3-14,25H2,1-2H3/t27-/m1/s1. The molecule has 0 radical (unpaired) electrons. The number of hydrogen-bond donors (Lipinski definition) is 0. The zero-order valence-corrected chi connectivity index (χ0v) is 27.1. The van der Waals surface area contributed by atoms with Gasteiger partial charge < -0.3 is 14.2 Å². The molecular weight excluding hydrogens is 594 g/mol. The molecule has 0 amide bonds. The number of ether oxygens (including phenoxy) is 3. The van der Waals surface area contributed by atoms with E-state index in [9.17, 15) is 19.7 Å². The molecule has 0 fully saturated rings. The fourth-order valence-corrected chi connectivity index (χ4v) is 5.03. The highest BCUT2D eigenvalue weighted by atomic mass is 35.5. The lowest BCUT2D eigenvalue weighted by Crippen LogP contribution is -2.13. The van der Waals surface area contributed by atoms with Crippen LogP contribution in [0.1, 0.15) is 101 Å². The highest BCUT2D eigenvalue weighted by Gasteiger charge is 2.21. The van der Waals surface area contributed by atoms with Crippen molar-refractivity contribution in [2.75, 3.05) is 6.61 Å². The summed E-state index contributed by atoms with van der Waals surface area (Å²) in [4.78, 5) is 34.6. The summed E-state index contributed by atoms with van der Waals surface area (Å²) >= 11 is 5.35. The SMILES string of the molecule is CCCC[C@@H](C)Oc1ccc(C(=O)Oc2ccc(-c3ccc(OCCCCCCCCCCC(=O)Cl)cc3)cc2)cc1[N+](=O)[O-]. The van der Waals surface area contributed by atoms with Crippen LogP contribution in [0.25, 0.3) is 11.1 Å². The molecule has 3 aromatic rings. The first-order valence-corrected chi connectivity index (χ1v) is 16.3. The molecule has 8 nitrogen and oxygen atoms in total. The molecular formula is C36H44ClNO7. The lowest BCUT2D eigenvalue weighted by molar-refractivity contribution is -0.386. The van der Waals surface area contributed by atoms with E-state index >= 15 is 0 Å². The second-order valence-electron chi connectivity index (χ2n) is 11.2. The minimum atomic E-state index is -0.685. The second-order valence-corrected chi connectivity index (χ2v) is 11.7. The van der Waals surface area contributed by atoms with E-state index in [2.05, 4.69) is 6.92 Å². The van der Waals surface area contributed by atoms with Gasteiger partial charge in [0.15, 0.2) is 5.75 Å². The maximum atomic E-state index is 12.8. The van der Waals surface area contributed by atoms with Gasteiger partial charge in [-0.15, -0.1) is 0 Å². The fourth-order valence-electron chi connectivity index (χ4n) is 4.90. The molecule has 0 bridgehead atoms. The number of hydrogen-bond acceptors (Lipinski definition) is 7. The van der Waals surface area contributed by atoms with Crippen LogP contribution in [0, 0.1) is 10.1 Å². The van der Waals surface area contributed by atoms with E-state index in [0.29, 0.717) is 18.8 Å². The molecule has 1 atom stereocenters. The Labute approximate surface area is 271 Å². The van der Waals surface area contributed by atoms with Gasteiger partial charge in [-0.25, -0.2) is 4.79 Å². The summed E-state index contributed by atoms with van der Waals surface area (Å²) in [6, 6.07) is 19.1. The molecule has 0 heterocycles. The Hall–Kier alpha value is -3.91. The Morgan fingerprint density at radius 1 is 0.800 bits per heavy atom.